The highest BCUT2D eigenvalue weighted by molar-refractivity contribution is 8.93. The lowest BCUT2D eigenvalue weighted by atomic mass is 10.0. The first-order valence-electron chi connectivity index (χ1n) is 12.4. The Balaban J connectivity index is 0.00000306. The molecule has 0 bridgehead atoms. The molecule has 2 aromatic carbocycles. The van der Waals surface area contributed by atoms with Gasteiger partial charge in [0.1, 0.15) is 0 Å². The van der Waals surface area contributed by atoms with Crippen molar-refractivity contribution >= 4 is 34.0 Å². The lowest BCUT2D eigenvalue weighted by Crippen LogP contribution is -2.32. The fourth-order valence-corrected chi connectivity index (χ4v) is 4.88. The summed E-state index contributed by atoms with van der Waals surface area (Å²) in [5.41, 5.74) is 2.13. The van der Waals surface area contributed by atoms with Gasteiger partial charge >= 0.3 is 0 Å². The molecule has 0 amide bonds. The number of hydrogen-bond acceptors (Lipinski definition) is 6. The van der Waals surface area contributed by atoms with Gasteiger partial charge in [-0.2, -0.15) is 0 Å². The van der Waals surface area contributed by atoms with Crippen LogP contribution in [-0.2, 0) is 12.8 Å². The topological polar surface area (TPSA) is 87.4 Å². The Kier molecular flexibility index (Phi) is 14.7. The van der Waals surface area contributed by atoms with E-state index in [0.717, 1.165) is 63.1 Å². The van der Waals surface area contributed by atoms with Gasteiger partial charge in [0.2, 0.25) is 0 Å². The molecule has 1 unspecified atom stereocenters. The Morgan fingerprint density at radius 3 is 2.11 bits per heavy atom. The summed E-state index contributed by atoms with van der Waals surface area (Å²) in [7, 11) is 0. The van der Waals surface area contributed by atoms with Gasteiger partial charge in [0.15, 0.2) is 23.0 Å². The van der Waals surface area contributed by atoms with Gasteiger partial charge in [-0.3, -0.25) is 0 Å². The molecule has 1 aliphatic heterocycles. The van der Waals surface area contributed by atoms with E-state index >= 15 is 0 Å². The monoisotopic (exact) mass is 616 g/mol. The lowest BCUT2D eigenvalue weighted by Gasteiger charge is -2.25. The van der Waals surface area contributed by atoms with Crippen LogP contribution in [0.15, 0.2) is 36.4 Å². The molecule has 1 heterocycles. The average molecular weight is 618 g/mol. The van der Waals surface area contributed by atoms with Crippen LogP contribution in [0, 0.1) is 0 Å². The van der Waals surface area contributed by atoms with E-state index in [-0.39, 0.29) is 57.0 Å². The molecule has 3 rings (SSSR count). The summed E-state index contributed by atoms with van der Waals surface area (Å²) in [5.74, 6) is -0.196. The van der Waals surface area contributed by atoms with Crippen molar-refractivity contribution in [2.45, 2.75) is 64.3 Å². The molecule has 0 radical (unpaired) electrons. The van der Waals surface area contributed by atoms with Crippen LogP contribution in [0.25, 0.3) is 0 Å². The van der Waals surface area contributed by atoms with Crippen molar-refractivity contribution in [3.63, 3.8) is 0 Å². The first-order valence-corrected chi connectivity index (χ1v) is 12.4. The second-order valence-corrected chi connectivity index (χ2v) is 9.33. The maximum Gasteiger partial charge on any atom is 0.157 e. The largest absolute Gasteiger partial charge is 0.504 e. The third-order valence-corrected chi connectivity index (χ3v) is 6.73. The molecule has 35 heavy (non-hydrogen) atoms. The summed E-state index contributed by atoms with van der Waals surface area (Å²) >= 11 is 0. The van der Waals surface area contributed by atoms with Crippen molar-refractivity contribution in [3.8, 4) is 23.0 Å². The summed E-state index contributed by atoms with van der Waals surface area (Å²) < 4.78 is 0. The van der Waals surface area contributed by atoms with Gasteiger partial charge in [0.25, 0.3) is 0 Å². The molecular weight excluding hydrogens is 576 g/mol. The van der Waals surface area contributed by atoms with Crippen molar-refractivity contribution in [1.82, 2.24) is 9.80 Å². The predicted octanol–water partition coefficient (Wildman–Crippen LogP) is 5.80. The summed E-state index contributed by atoms with van der Waals surface area (Å²) in [6.07, 6.45) is 8.94. The molecule has 1 atom stereocenters. The van der Waals surface area contributed by atoms with Gasteiger partial charge in [-0.25, -0.2) is 0 Å². The molecule has 1 aliphatic rings. The van der Waals surface area contributed by atoms with Crippen LogP contribution in [0.2, 0.25) is 0 Å². The molecule has 1 saturated heterocycles. The third-order valence-electron chi connectivity index (χ3n) is 6.73. The van der Waals surface area contributed by atoms with Crippen LogP contribution < -0.4 is 0 Å². The fraction of sp³-hybridized carbons (Fsp3) is 0.556. The number of likely N-dealkylation sites (tertiary alicyclic amines) is 1. The highest BCUT2D eigenvalue weighted by Gasteiger charge is 2.24. The lowest BCUT2D eigenvalue weighted by molar-refractivity contribution is 0.238. The number of rotatable bonds is 13. The third kappa shape index (κ3) is 10.2. The van der Waals surface area contributed by atoms with Crippen LogP contribution in [-0.4, -0.2) is 69.0 Å². The van der Waals surface area contributed by atoms with Gasteiger partial charge in [0, 0.05) is 12.6 Å². The number of hydrogen-bond donors (Lipinski definition) is 4. The summed E-state index contributed by atoms with van der Waals surface area (Å²) in [6, 6.07) is 10.8. The number of phenolic OH excluding ortho intramolecular Hbond substituents is 4. The van der Waals surface area contributed by atoms with Crippen LogP contribution in [0.4, 0.5) is 0 Å². The van der Waals surface area contributed by atoms with Crippen LogP contribution >= 0.6 is 34.0 Å². The zero-order chi connectivity index (χ0) is 23.6. The minimum absolute atomic E-state index is 0. The number of unbranched alkanes of at least 4 members (excludes halogenated alkanes) is 2. The van der Waals surface area contributed by atoms with E-state index in [0.29, 0.717) is 6.04 Å². The average Bonchev–Trinajstić information content (AvgIpc) is 3.23. The van der Waals surface area contributed by atoms with Crippen LogP contribution in [0.1, 0.15) is 56.6 Å². The van der Waals surface area contributed by atoms with E-state index < -0.39 is 0 Å². The van der Waals surface area contributed by atoms with Crippen LogP contribution in [0.5, 0.6) is 23.0 Å². The van der Waals surface area contributed by atoms with E-state index in [9.17, 15) is 20.4 Å². The van der Waals surface area contributed by atoms with E-state index in [2.05, 4.69) is 16.7 Å². The standard InChI is InChI=1S/C27H40N2O4.2BrH/c1-2-13-28(17-12-21-8-10-24(30)26(32)19-21)14-4-3-5-15-29-16-6-7-23(29)18-22-9-11-25(31)27(33)20-22;;/h8-11,19-20,23,30-33H,2-7,12-18H2,1H3;2*1H. The first-order chi connectivity index (χ1) is 16.0. The Hall–Kier alpha value is -1.48. The first kappa shape index (κ1) is 31.5. The maximum atomic E-state index is 9.76. The molecule has 6 nitrogen and oxygen atoms in total. The smallest absolute Gasteiger partial charge is 0.157 e. The number of nitrogens with zero attached hydrogens (tertiary/aromatic N) is 2. The maximum absolute atomic E-state index is 9.76. The highest BCUT2D eigenvalue weighted by atomic mass is 79.9. The van der Waals surface area contributed by atoms with E-state index in [1.54, 1.807) is 24.3 Å². The van der Waals surface area contributed by atoms with Gasteiger partial charge < -0.3 is 30.2 Å². The summed E-state index contributed by atoms with van der Waals surface area (Å²) in [4.78, 5) is 5.09. The summed E-state index contributed by atoms with van der Waals surface area (Å²) in [5, 5.41) is 38.5. The molecule has 0 aliphatic carbocycles. The molecule has 0 saturated carbocycles. The zero-order valence-corrected chi connectivity index (χ0v) is 24.2. The van der Waals surface area contributed by atoms with Crippen LogP contribution in [0.3, 0.4) is 0 Å². The van der Waals surface area contributed by atoms with Crippen molar-refractivity contribution in [2.24, 2.45) is 0 Å². The number of benzene rings is 2. The van der Waals surface area contributed by atoms with E-state index in [4.69, 9.17) is 0 Å². The van der Waals surface area contributed by atoms with Crippen molar-refractivity contribution < 1.29 is 20.4 Å². The minimum Gasteiger partial charge on any atom is -0.504 e. The van der Waals surface area contributed by atoms with Crippen molar-refractivity contribution in [3.05, 3.63) is 47.5 Å². The second kappa shape index (κ2) is 16.3. The van der Waals surface area contributed by atoms with Crippen molar-refractivity contribution in [2.75, 3.05) is 32.7 Å². The number of halogens is 2. The second-order valence-electron chi connectivity index (χ2n) is 9.33. The van der Waals surface area contributed by atoms with Gasteiger partial charge in [-0.1, -0.05) is 25.5 Å². The Morgan fingerprint density at radius 2 is 1.46 bits per heavy atom. The number of aromatic hydroxyl groups is 4. The molecule has 1 fully saturated rings. The fourth-order valence-electron chi connectivity index (χ4n) is 4.88. The zero-order valence-electron chi connectivity index (χ0n) is 20.7. The molecule has 4 N–H and O–H groups in total. The molecule has 0 spiro atoms. The summed E-state index contributed by atoms with van der Waals surface area (Å²) in [6.45, 7) is 7.61. The van der Waals surface area contributed by atoms with E-state index in [1.807, 2.05) is 12.1 Å². The minimum atomic E-state index is -0.0642. The number of phenols is 4. The van der Waals surface area contributed by atoms with Gasteiger partial charge in [-0.05, 0) is 107 Å². The van der Waals surface area contributed by atoms with Gasteiger partial charge in [0.05, 0.1) is 0 Å². The molecule has 2 aromatic rings. The molecule has 8 heteroatoms. The highest BCUT2D eigenvalue weighted by Crippen LogP contribution is 2.28. The van der Waals surface area contributed by atoms with Gasteiger partial charge in [-0.15, -0.1) is 34.0 Å². The van der Waals surface area contributed by atoms with E-state index in [1.165, 1.54) is 32.1 Å². The Bertz CT molecular complexity index is 884. The normalized spacial score (nSPS) is 15.7. The Morgan fingerprint density at radius 1 is 0.800 bits per heavy atom. The SMILES string of the molecule is Br.Br.CCCN(CCCCCN1CCCC1Cc1ccc(O)c(O)c1)CCc1ccc(O)c(O)c1. The molecule has 198 valence electrons. The predicted molar refractivity (Wildman–Crippen MR) is 153 cm³/mol. The molecule has 0 aromatic heterocycles. The van der Waals surface area contributed by atoms with Crippen molar-refractivity contribution in [1.29, 1.82) is 0 Å². The quantitative estimate of drug-likeness (QED) is 0.168. The Labute approximate surface area is 231 Å². The molecular formula is C27H42Br2N2O4.